The van der Waals surface area contributed by atoms with Gasteiger partial charge in [-0.3, -0.25) is 0 Å². The van der Waals surface area contributed by atoms with Crippen LogP contribution in [0.5, 0.6) is 5.75 Å². The molecule has 0 aliphatic carbocycles. The Kier molecular flexibility index (Phi) is 7.57. The van der Waals surface area contributed by atoms with Crippen molar-refractivity contribution in [2.24, 2.45) is 0 Å². The topological polar surface area (TPSA) is 18.5 Å². The average molecular weight is 431 g/mol. The van der Waals surface area contributed by atoms with Crippen LogP contribution in [0.15, 0.2) is 78.9 Å². The number of benzene rings is 3. The zero-order valence-corrected chi connectivity index (χ0v) is 18.4. The van der Waals surface area contributed by atoms with E-state index >= 15 is 0 Å². The molecule has 3 aromatic rings. The highest BCUT2D eigenvalue weighted by Crippen LogP contribution is 2.30. The van der Waals surface area contributed by atoms with E-state index in [1.165, 1.54) is 0 Å². The third-order valence-corrected chi connectivity index (χ3v) is 8.34. The van der Waals surface area contributed by atoms with E-state index in [1.54, 1.807) is 12.1 Å². The van der Waals surface area contributed by atoms with E-state index in [9.17, 15) is 0 Å². The minimum Gasteiger partial charge on any atom is -0.513 e. The molecule has 0 aromatic heterocycles. The fourth-order valence-electron chi connectivity index (χ4n) is 3.08. The molecule has 0 fully saturated rings. The second-order valence-corrected chi connectivity index (χ2v) is 10.3. The van der Waals surface area contributed by atoms with Gasteiger partial charge in [-0.15, -0.1) is 0 Å². The van der Waals surface area contributed by atoms with Gasteiger partial charge in [0.15, 0.2) is 0 Å². The van der Waals surface area contributed by atoms with Crippen molar-refractivity contribution in [3.8, 4) is 5.75 Å². The normalized spacial score (nSPS) is 11.4. The van der Waals surface area contributed by atoms with Gasteiger partial charge in [-0.05, 0) is 24.6 Å². The molecule has 0 bridgehead atoms. The second kappa shape index (κ2) is 10.1. The van der Waals surface area contributed by atoms with Crippen LogP contribution in [0.2, 0.25) is 10.0 Å². The van der Waals surface area contributed by atoms with Crippen LogP contribution in [0.1, 0.15) is 26.2 Å². The number of hydrogen-bond donors (Lipinski definition) is 0. The van der Waals surface area contributed by atoms with Crippen LogP contribution in [0.25, 0.3) is 0 Å². The molecule has 0 heterocycles. The Balaban J connectivity index is 2.08. The maximum Gasteiger partial charge on any atom is 0.468 e. The summed E-state index contributed by atoms with van der Waals surface area (Å²) in [6.07, 6.45) is 3.25. The summed E-state index contributed by atoms with van der Waals surface area (Å²) in [4.78, 5) is 0. The van der Waals surface area contributed by atoms with Crippen LogP contribution in [-0.2, 0) is 4.43 Å². The first-order valence-electron chi connectivity index (χ1n) is 9.55. The van der Waals surface area contributed by atoms with Crippen LogP contribution in [0.3, 0.4) is 0 Å². The summed E-state index contributed by atoms with van der Waals surface area (Å²) in [5.74, 6) is 0.584. The fraction of sp³-hybridized carbons (Fsp3) is 0.217. The summed E-state index contributed by atoms with van der Waals surface area (Å²) >= 11 is 12.5. The summed E-state index contributed by atoms with van der Waals surface area (Å²) in [5, 5.41) is 3.15. The van der Waals surface area contributed by atoms with E-state index in [-0.39, 0.29) is 0 Å². The molecule has 0 N–H and O–H groups in total. The molecule has 2 nitrogen and oxygen atoms in total. The zero-order chi connectivity index (χ0) is 19.8. The lowest BCUT2D eigenvalue weighted by Crippen LogP contribution is -2.66. The first-order valence-corrected chi connectivity index (χ1v) is 12.1. The highest BCUT2D eigenvalue weighted by molar-refractivity contribution is 6.93. The molecular formula is C23H24Cl2O2Si. The Morgan fingerprint density at radius 3 is 1.93 bits per heavy atom. The van der Waals surface area contributed by atoms with Gasteiger partial charge in [0.05, 0.1) is 5.02 Å². The third-order valence-electron chi connectivity index (χ3n) is 4.51. The number of hydrogen-bond acceptors (Lipinski definition) is 2. The van der Waals surface area contributed by atoms with Crippen molar-refractivity contribution in [2.45, 2.75) is 26.2 Å². The molecule has 0 atom stereocenters. The molecule has 3 aromatic carbocycles. The quantitative estimate of drug-likeness (QED) is 0.313. The molecule has 0 saturated carbocycles. The lowest BCUT2D eigenvalue weighted by atomic mass is 10.3. The molecule has 0 amide bonds. The van der Waals surface area contributed by atoms with Crippen molar-refractivity contribution < 1.29 is 8.85 Å². The van der Waals surface area contributed by atoms with Crippen molar-refractivity contribution in [3.05, 3.63) is 88.9 Å². The van der Waals surface area contributed by atoms with Crippen LogP contribution >= 0.6 is 23.2 Å². The minimum atomic E-state index is -3.01. The largest absolute Gasteiger partial charge is 0.513 e. The van der Waals surface area contributed by atoms with Crippen molar-refractivity contribution in [2.75, 3.05) is 6.61 Å². The van der Waals surface area contributed by atoms with Crippen molar-refractivity contribution in [3.63, 3.8) is 0 Å². The third kappa shape index (κ3) is 4.98. The average Bonchev–Trinajstić information content (AvgIpc) is 2.73. The summed E-state index contributed by atoms with van der Waals surface area (Å²) in [6, 6.07) is 25.7. The number of rotatable bonds is 9. The van der Waals surface area contributed by atoms with Crippen LogP contribution in [0.4, 0.5) is 0 Å². The van der Waals surface area contributed by atoms with Gasteiger partial charge >= 0.3 is 8.56 Å². The summed E-state index contributed by atoms with van der Waals surface area (Å²) in [6.45, 7) is 2.82. The number of unbranched alkanes of at least 4 members (excludes halogenated alkanes) is 2. The predicted octanol–water partition coefficient (Wildman–Crippen LogP) is 5.84. The SMILES string of the molecule is CCCCCO[Si](Oc1ccc(Cl)cc1Cl)(c1ccccc1)c1ccccc1. The summed E-state index contributed by atoms with van der Waals surface area (Å²) < 4.78 is 13.3. The molecule has 0 spiro atoms. The molecule has 3 rings (SSSR count). The van der Waals surface area contributed by atoms with Crippen LogP contribution in [0, 0.1) is 0 Å². The molecule has 0 radical (unpaired) electrons. The lowest BCUT2D eigenvalue weighted by molar-refractivity contribution is 0.253. The summed E-state index contributed by atoms with van der Waals surface area (Å²) in [5.41, 5.74) is 0. The monoisotopic (exact) mass is 430 g/mol. The van der Waals surface area contributed by atoms with Gasteiger partial charge in [-0.2, -0.15) is 0 Å². The van der Waals surface area contributed by atoms with Gasteiger partial charge < -0.3 is 8.85 Å². The minimum absolute atomic E-state index is 0.480. The van der Waals surface area contributed by atoms with Gasteiger partial charge in [0.2, 0.25) is 0 Å². The molecule has 0 unspecified atom stereocenters. The highest BCUT2D eigenvalue weighted by atomic mass is 35.5. The zero-order valence-electron chi connectivity index (χ0n) is 15.9. The molecule has 0 aliphatic rings. The smallest absolute Gasteiger partial charge is 0.468 e. The van der Waals surface area contributed by atoms with Gasteiger partial charge in [0, 0.05) is 22.0 Å². The van der Waals surface area contributed by atoms with E-state index in [2.05, 4.69) is 31.2 Å². The second-order valence-electron chi connectivity index (χ2n) is 6.58. The van der Waals surface area contributed by atoms with E-state index in [4.69, 9.17) is 32.1 Å². The summed E-state index contributed by atoms with van der Waals surface area (Å²) in [7, 11) is -3.01. The Morgan fingerprint density at radius 2 is 1.39 bits per heavy atom. The Labute approximate surface area is 178 Å². The Morgan fingerprint density at radius 1 is 0.786 bits per heavy atom. The van der Waals surface area contributed by atoms with E-state index in [0.29, 0.717) is 22.4 Å². The maximum atomic E-state index is 6.67. The maximum absolute atomic E-state index is 6.67. The lowest BCUT2D eigenvalue weighted by Gasteiger charge is -2.32. The van der Waals surface area contributed by atoms with Gasteiger partial charge in [0.1, 0.15) is 5.75 Å². The predicted molar refractivity (Wildman–Crippen MR) is 120 cm³/mol. The van der Waals surface area contributed by atoms with Crippen molar-refractivity contribution >= 4 is 42.1 Å². The van der Waals surface area contributed by atoms with Crippen LogP contribution in [-0.4, -0.2) is 15.2 Å². The first kappa shape index (κ1) is 20.9. The molecule has 5 heteroatoms. The van der Waals surface area contributed by atoms with Crippen molar-refractivity contribution in [1.29, 1.82) is 0 Å². The van der Waals surface area contributed by atoms with Crippen molar-refractivity contribution in [1.82, 2.24) is 0 Å². The van der Waals surface area contributed by atoms with E-state index < -0.39 is 8.56 Å². The number of halogens is 2. The van der Waals surface area contributed by atoms with Crippen LogP contribution < -0.4 is 14.8 Å². The Bertz CT molecular complexity index is 833. The molecule has 28 heavy (non-hydrogen) atoms. The molecule has 146 valence electrons. The first-order chi connectivity index (χ1) is 13.7. The van der Waals surface area contributed by atoms with Gasteiger partial charge in [-0.25, -0.2) is 0 Å². The Hall–Kier alpha value is -1.78. The molecule has 0 saturated heterocycles. The molecular weight excluding hydrogens is 407 g/mol. The fourth-order valence-corrected chi connectivity index (χ4v) is 6.73. The van der Waals surface area contributed by atoms with E-state index in [0.717, 1.165) is 29.6 Å². The highest BCUT2D eigenvalue weighted by Gasteiger charge is 2.45. The van der Waals surface area contributed by atoms with Gasteiger partial charge in [-0.1, -0.05) is 104 Å². The molecule has 0 aliphatic heterocycles. The van der Waals surface area contributed by atoms with Gasteiger partial charge in [0.25, 0.3) is 0 Å². The standard InChI is InChI=1S/C23H24Cl2O2Si/c1-2-3-10-17-26-28(20-11-6-4-7-12-20,21-13-8-5-9-14-21)27-23-16-15-19(24)18-22(23)25/h4-9,11-16,18H,2-3,10,17H2,1H3. The van der Waals surface area contributed by atoms with E-state index in [1.807, 2.05) is 42.5 Å².